The van der Waals surface area contributed by atoms with Crippen LogP contribution in [0.4, 0.5) is 0 Å². The molecule has 0 radical (unpaired) electrons. The number of hydrogen-bond acceptors (Lipinski definition) is 2. The molecule has 2 nitrogen and oxygen atoms in total. The van der Waals surface area contributed by atoms with Crippen molar-refractivity contribution in [2.45, 2.75) is 13.3 Å². The molecule has 74 valence electrons. The fourth-order valence-corrected chi connectivity index (χ4v) is 1.83. The van der Waals surface area contributed by atoms with E-state index in [0.29, 0.717) is 11.1 Å². The normalized spacial score (nSPS) is 9.93. The minimum atomic E-state index is -0.166. The average Bonchev–Trinajstić information content (AvgIpc) is 2.16. The van der Waals surface area contributed by atoms with E-state index in [1.807, 2.05) is 6.92 Å². The lowest BCUT2D eigenvalue weighted by Gasteiger charge is -2.04. The summed E-state index contributed by atoms with van der Waals surface area (Å²) in [6, 6.07) is 5.01. The van der Waals surface area contributed by atoms with Crippen LogP contribution >= 0.6 is 31.9 Å². The van der Waals surface area contributed by atoms with Crippen molar-refractivity contribution >= 4 is 41.2 Å². The molecule has 0 bridgehead atoms. The zero-order valence-electron chi connectivity index (χ0n) is 7.51. The summed E-state index contributed by atoms with van der Waals surface area (Å²) in [5, 5.41) is 0. The van der Waals surface area contributed by atoms with Crippen LogP contribution in [-0.4, -0.2) is 9.39 Å². The van der Waals surface area contributed by atoms with Gasteiger partial charge in [-0.2, -0.15) is 0 Å². The van der Waals surface area contributed by atoms with Gasteiger partial charge in [-0.15, -0.1) is 0 Å². The van der Waals surface area contributed by atoms with Crippen molar-refractivity contribution in [2.75, 3.05) is 0 Å². The van der Waals surface area contributed by atoms with Crippen molar-refractivity contribution in [3.8, 4) is 0 Å². The fraction of sp³-hybridized carbons (Fsp3) is 0.200. The zero-order valence-corrected chi connectivity index (χ0v) is 10.7. The van der Waals surface area contributed by atoms with Crippen LogP contribution in [0.5, 0.6) is 0 Å². The van der Waals surface area contributed by atoms with E-state index < -0.39 is 0 Å². The highest BCUT2D eigenvalue weighted by atomic mass is 79.9. The number of rotatable bonds is 3. The molecule has 0 aromatic heterocycles. The fourth-order valence-electron chi connectivity index (χ4n) is 1.20. The molecule has 0 saturated heterocycles. The van der Waals surface area contributed by atoms with Gasteiger partial charge in [-0.1, -0.05) is 6.92 Å². The maximum atomic E-state index is 11.1. The Bertz CT molecular complexity index is 386. The number of benzene rings is 1. The minimum Gasteiger partial charge on any atom is -0.281 e. The monoisotopic (exact) mass is 318 g/mol. The third-order valence-electron chi connectivity index (χ3n) is 1.92. The Morgan fingerprint density at radius 2 is 1.86 bits per heavy atom. The van der Waals surface area contributed by atoms with Gasteiger partial charge in [0, 0.05) is 11.1 Å². The Kier molecular flexibility index (Phi) is 4.01. The van der Waals surface area contributed by atoms with Crippen LogP contribution in [0.2, 0.25) is 0 Å². The van der Waals surface area contributed by atoms with Crippen molar-refractivity contribution < 1.29 is 9.59 Å². The molecule has 0 fully saturated rings. The van der Waals surface area contributed by atoms with Crippen LogP contribution < -0.4 is 0 Å². The maximum absolute atomic E-state index is 11.1. The van der Waals surface area contributed by atoms with Gasteiger partial charge in [-0.3, -0.25) is 9.59 Å². The highest BCUT2D eigenvalue weighted by Crippen LogP contribution is 2.17. The number of carbonyl (C=O) groups is 2. The van der Waals surface area contributed by atoms with Gasteiger partial charge < -0.3 is 0 Å². The van der Waals surface area contributed by atoms with Gasteiger partial charge in [0.1, 0.15) is 0 Å². The van der Waals surface area contributed by atoms with E-state index in [9.17, 15) is 9.59 Å². The molecule has 0 aliphatic rings. The summed E-state index contributed by atoms with van der Waals surface area (Å²) in [5.74, 6) is 0. The van der Waals surface area contributed by atoms with E-state index in [0.717, 1.165) is 12.0 Å². The topological polar surface area (TPSA) is 34.1 Å². The lowest BCUT2D eigenvalue weighted by Crippen LogP contribution is -1.99. The summed E-state index contributed by atoms with van der Waals surface area (Å²) < 4.78 is -0.316. The van der Waals surface area contributed by atoms with Gasteiger partial charge in [0.05, 0.1) is 0 Å². The summed E-state index contributed by atoms with van der Waals surface area (Å²) >= 11 is 5.77. The molecule has 0 N–H and O–H groups in total. The molecular formula is C10H8Br2O2. The molecule has 0 atom stereocenters. The molecule has 14 heavy (non-hydrogen) atoms. The van der Waals surface area contributed by atoms with Crippen LogP contribution in [-0.2, 0) is 6.42 Å². The highest BCUT2D eigenvalue weighted by Gasteiger charge is 2.10. The summed E-state index contributed by atoms with van der Waals surface area (Å²) in [4.78, 5) is 22.1. The predicted octanol–water partition coefficient (Wildman–Crippen LogP) is 3.32. The van der Waals surface area contributed by atoms with Crippen LogP contribution in [0.15, 0.2) is 18.2 Å². The molecule has 0 amide bonds. The Morgan fingerprint density at radius 1 is 1.21 bits per heavy atom. The zero-order chi connectivity index (χ0) is 10.7. The SMILES string of the molecule is CCc1cc(C(=O)Br)ccc1C(=O)Br. The van der Waals surface area contributed by atoms with Gasteiger partial charge in [-0.25, -0.2) is 0 Å². The first-order chi connectivity index (χ1) is 6.56. The lowest BCUT2D eigenvalue weighted by molar-refractivity contribution is 0.108. The van der Waals surface area contributed by atoms with Crippen LogP contribution in [0.25, 0.3) is 0 Å². The molecule has 1 aromatic rings. The molecule has 1 rings (SSSR count). The second-order valence-corrected chi connectivity index (χ2v) is 4.21. The van der Waals surface area contributed by atoms with Crippen molar-refractivity contribution in [3.05, 3.63) is 34.9 Å². The summed E-state index contributed by atoms with van der Waals surface area (Å²) in [6.45, 7) is 1.94. The average molecular weight is 320 g/mol. The molecule has 0 heterocycles. The van der Waals surface area contributed by atoms with E-state index in [1.165, 1.54) is 0 Å². The summed E-state index contributed by atoms with van der Waals surface area (Å²) in [5.41, 5.74) is 2.06. The van der Waals surface area contributed by atoms with Gasteiger partial charge in [0.15, 0.2) is 0 Å². The number of aryl methyl sites for hydroxylation is 1. The Balaban J connectivity index is 3.25. The molecule has 0 unspecified atom stereocenters. The van der Waals surface area contributed by atoms with Crippen LogP contribution in [0.3, 0.4) is 0 Å². The quantitative estimate of drug-likeness (QED) is 0.801. The molecule has 1 aromatic carbocycles. The standard InChI is InChI=1S/C10H8Br2O2/c1-2-6-5-7(9(11)13)3-4-8(6)10(12)14/h3-5H,2H2,1H3. The largest absolute Gasteiger partial charge is 0.281 e. The smallest absolute Gasteiger partial charge is 0.228 e. The number of carbonyl (C=O) groups excluding carboxylic acids is 2. The van der Waals surface area contributed by atoms with E-state index in [2.05, 4.69) is 31.9 Å². The maximum Gasteiger partial charge on any atom is 0.228 e. The van der Waals surface area contributed by atoms with Crippen molar-refractivity contribution in [3.63, 3.8) is 0 Å². The van der Waals surface area contributed by atoms with Gasteiger partial charge >= 0.3 is 0 Å². The minimum absolute atomic E-state index is 0.150. The van der Waals surface area contributed by atoms with Gasteiger partial charge in [0.2, 0.25) is 9.39 Å². The first-order valence-electron chi connectivity index (χ1n) is 4.08. The molecule has 0 saturated carbocycles. The summed E-state index contributed by atoms with van der Waals surface area (Å²) in [6.07, 6.45) is 0.723. The first-order valence-corrected chi connectivity index (χ1v) is 5.67. The Labute approximate surface area is 98.9 Å². The molecule has 0 spiro atoms. The van der Waals surface area contributed by atoms with Crippen molar-refractivity contribution in [2.24, 2.45) is 0 Å². The van der Waals surface area contributed by atoms with E-state index in [-0.39, 0.29) is 9.39 Å². The molecular weight excluding hydrogens is 312 g/mol. The van der Waals surface area contributed by atoms with E-state index >= 15 is 0 Å². The first kappa shape index (κ1) is 11.6. The Morgan fingerprint density at radius 3 is 2.29 bits per heavy atom. The predicted molar refractivity (Wildman–Crippen MR) is 62.3 cm³/mol. The molecule has 0 aliphatic carbocycles. The summed E-state index contributed by atoms with van der Waals surface area (Å²) in [7, 11) is 0. The molecule has 0 aliphatic heterocycles. The Hall–Kier alpha value is -0.480. The van der Waals surface area contributed by atoms with Gasteiger partial charge in [-0.05, 0) is 62.0 Å². The lowest BCUT2D eigenvalue weighted by atomic mass is 10.0. The van der Waals surface area contributed by atoms with Crippen molar-refractivity contribution in [1.82, 2.24) is 0 Å². The number of hydrogen-bond donors (Lipinski definition) is 0. The third kappa shape index (κ3) is 2.51. The van der Waals surface area contributed by atoms with Gasteiger partial charge in [0.25, 0.3) is 0 Å². The van der Waals surface area contributed by atoms with E-state index in [1.54, 1.807) is 18.2 Å². The second-order valence-electron chi connectivity index (χ2n) is 2.77. The van der Waals surface area contributed by atoms with Crippen LogP contribution in [0.1, 0.15) is 33.2 Å². The molecule has 4 heteroatoms. The number of halogens is 2. The van der Waals surface area contributed by atoms with Crippen molar-refractivity contribution in [1.29, 1.82) is 0 Å². The van der Waals surface area contributed by atoms with Crippen LogP contribution in [0, 0.1) is 0 Å². The second kappa shape index (κ2) is 4.84. The van der Waals surface area contributed by atoms with E-state index in [4.69, 9.17) is 0 Å². The highest BCUT2D eigenvalue weighted by molar-refractivity contribution is 9.18. The third-order valence-corrected chi connectivity index (χ3v) is 2.81.